The van der Waals surface area contributed by atoms with Crippen LogP contribution < -0.4 is 10.9 Å². The van der Waals surface area contributed by atoms with Crippen molar-refractivity contribution in [2.45, 2.75) is 70.3 Å². The second-order valence-electron chi connectivity index (χ2n) is 7.03. The van der Waals surface area contributed by atoms with Crippen LogP contribution in [0.3, 0.4) is 0 Å². The molecule has 2 atom stereocenters. The molecule has 0 saturated carbocycles. The first kappa shape index (κ1) is 19.4. The summed E-state index contributed by atoms with van der Waals surface area (Å²) in [5.41, 5.74) is 1.27. The molecular formula is C19H27N3O2S2. The predicted molar refractivity (Wildman–Crippen MR) is 109 cm³/mol. The molecule has 1 N–H and O–H groups in total. The fraction of sp³-hybridized carbons (Fsp3) is 0.632. The highest BCUT2D eigenvalue weighted by molar-refractivity contribution is 8.00. The number of carbonyl (C=O) groups is 1. The lowest BCUT2D eigenvalue weighted by molar-refractivity contribution is -0.120. The van der Waals surface area contributed by atoms with Gasteiger partial charge in [0.15, 0.2) is 5.16 Å². The summed E-state index contributed by atoms with van der Waals surface area (Å²) in [6, 6.07) is 0. The largest absolute Gasteiger partial charge is 0.355 e. The third-order valence-corrected chi connectivity index (χ3v) is 7.14. The average molecular weight is 394 g/mol. The van der Waals surface area contributed by atoms with E-state index in [0.29, 0.717) is 24.2 Å². The first-order valence-electron chi connectivity index (χ1n) is 9.45. The molecule has 0 radical (unpaired) electrons. The molecule has 7 heteroatoms. The van der Waals surface area contributed by atoms with Crippen molar-refractivity contribution in [1.29, 1.82) is 0 Å². The monoisotopic (exact) mass is 393 g/mol. The third-order valence-electron chi connectivity index (χ3n) is 4.90. The van der Waals surface area contributed by atoms with Crippen molar-refractivity contribution in [2.75, 3.05) is 6.54 Å². The number of amides is 1. The van der Waals surface area contributed by atoms with Gasteiger partial charge in [-0.05, 0) is 51.0 Å². The van der Waals surface area contributed by atoms with Crippen molar-refractivity contribution in [3.8, 4) is 0 Å². The smallest absolute Gasteiger partial charge is 0.263 e. The van der Waals surface area contributed by atoms with Crippen LogP contribution in [0.5, 0.6) is 0 Å². The van der Waals surface area contributed by atoms with E-state index in [1.54, 1.807) is 15.9 Å². The van der Waals surface area contributed by atoms with Crippen molar-refractivity contribution in [1.82, 2.24) is 14.9 Å². The first-order valence-corrected chi connectivity index (χ1v) is 11.1. The number of thioether (sulfide) groups is 1. The maximum atomic E-state index is 13.1. The molecule has 1 amide bonds. The maximum absolute atomic E-state index is 13.1. The molecule has 0 saturated heterocycles. The van der Waals surface area contributed by atoms with E-state index in [2.05, 4.69) is 12.2 Å². The fourth-order valence-corrected chi connectivity index (χ4v) is 5.80. The lowest BCUT2D eigenvalue weighted by Gasteiger charge is -2.18. The minimum absolute atomic E-state index is 0.00634. The quantitative estimate of drug-likeness (QED) is 0.601. The van der Waals surface area contributed by atoms with Gasteiger partial charge in [0.05, 0.1) is 10.6 Å². The molecule has 26 heavy (non-hydrogen) atoms. The normalized spacial score (nSPS) is 17.9. The minimum atomic E-state index is -0.279. The Morgan fingerprint density at radius 2 is 2.23 bits per heavy atom. The van der Waals surface area contributed by atoms with E-state index in [1.165, 1.54) is 22.2 Å². The van der Waals surface area contributed by atoms with Crippen LogP contribution in [0.1, 0.15) is 51.0 Å². The third kappa shape index (κ3) is 3.69. The van der Waals surface area contributed by atoms with Crippen molar-refractivity contribution < 1.29 is 4.79 Å². The van der Waals surface area contributed by atoms with Crippen molar-refractivity contribution in [3.63, 3.8) is 0 Å². The minimum Gasteiger partial charge on any atom is -0.355 e. The Hall–Kier alpha value is -1.34. The molecule has 2 aromatic rings. The molecule has 5 nitrogen and oxygen atoms in total. The number of fused-ring (bicyclic) bond motifs is 3. The highest BCUT2D eigenvalue weighted by Gasteiger charge is 2.25. The lowest BCUT2D eigenvalue weighted by atomic mass is 9.89. The second-order valence-corrected chi connectivity index (χ2v) is 9.42. The van der Waals surface area contributed by atoms with E-state index in [-0.39, 0.29) is 16.7 Å². The Morgan fingerprint density at radius 3 is 2.92 bits per heavy atom. The van der Waals surface area contributed by atoms with Gasteiger partial charge < -0.3 is 5.32 Å². The van der Waals surface area contributed by atoms with Crippen LogP contribution in [0.15, 0.2) is 9.95 Å². The highest BCUT2D eigenvalue weighted by atomic mass is 32.2. The van der Waals surface area contributed by atoms with Gasteiger partial charge in [0.25, 0.3) is 5.56 Å². The molecule has 0 aliphatic heterocycles. The molecule has 2 heterocycles. The van der Waals surface area contributed by atoms with Crippen LogP contribution in [0.25, 0.3) is 10.2 Å². The number of rotatable bonds is 6. The molecule has 0 spiro atoms. The Kier molecular flexibility index (Phi) is 6.07. The number of nitrogens with zero attached hydrogens (tertiary/aromatic N) is 2. The standard InChI is InChI=1S/C19H27N3O2S2/c1-5-9-20-16(23)12(4)25-19-21-17-15(18(24)22(19)6-2)13-8-7-11(3)10-14(13)26-17/h11-12H,5-10H2,1-4H3,(H,20,23)/t11-,12+/m0/s1. The number of aryl methyl sites for hydroxylation is 1. The summed E-state index contributed by atoms with van der Waals surface area (Å²) in [7, 11) is 0. The number of hydrogen-bond donors (Lipinski definition) is 1. The number of thiophene rings is 1. The molecule has 3 rings (SSSR count). The Bertz CT molecular complexity index is 872. The summed E-state index contributed by atoms with van der Waals surface area (Å²) in [4.78, 5) is 32.3. The van der Waals surface area contributed by atoms with Gasteiger partial charge in [-0.2, -0.15) is 0 Å². The molecule has 0 unspecified atom stereocenters. The van der Waals surface area contributed by atoms with Gasteiger partial charge in [0.1, 0.15) is 4.83 Å². The molecule has 142 valence electrons. The summed E-state index contributed by atoms with van der Waals surface area (Å²) in [6.45, 7) is 9.36. The van der Waals surface area contributed by atoms with E-state index in [9.17, 15) is 9.59 Å². The summed E-state index contributed by atoms with van der Waals surface area (Å²) in [5.74, 6) is 0.660. The highest BCUT2D eigenvalue weighted by Crippen LogP contribution is 2.36. The number of aromatic nitrogens is 2. The van der Waals surface area contributed by atoms with Crippen LogP contribution in [0.2, 0.25) is 0 Å². The maximum Gasteiger partial charge on any atom is 0.263 e. The van der Waals surface area contributed by atoms with Crippen molar-refractivity contribution >= 4 is 39.2 Å². The summed E-state index contributed by atoms with van der Waals surface area (Å²) < 4.78 is 1.72. The molecule has 1 aliphatic carbocycles. The van der Waals surface area contributed by atoms with Crippen molar-refractivity contribution in [3.05, 3.63) is 20.8 Å². The van der Waals surface area contributed by atoms with E-state index in [4.69, 9.17) is 4.98 Å². The van der Waals surface area contributed by atoms with E-state index >= 15 is 0 Å². The van der Waals surface area contributed by atoms with Gasteiger partial charge in [-0.15, -0.1) is 11.3 Å². The molecule has 1 aliphatic rings. The van der Waals surface area contributed by atoms with E-state index in [0.717, 1.165) is 35.9 Å². The average Bonchev–Trinajstić information content (AvgIpc) is 2.97. The van der Waals surface area contributed by atoms with Crippen molar-refractivity contribution in [2.24, 2.45) is 5.92 Å². The lowest BCUT2D eigenvalue weighted by Crippen LogP contribution is -2.32. The van der Waals surface area contributed by atoms with Crippen LogP contribution in [0, 0.1) is 5.92 Å². The second kappa shape index (κ2) is 8.13. The van der Waals surface area contributed by atoms with Gasteiger partial charge in [0, 0.05) is 18.0 Å². The topological polar surface area (TPSA) is 64.0 Å². The van der Waals surface area contributed by atoms with Gasteiger partial charge in [-0.25, -0.2) is 4.98 Å². The van der Waals surface area contributed by atoms with Crippen LogP contribution >= 0.6 is 23.1 Å². The van der Waals surface area contributed by atoms with Gasteiger partial charge in [-0.1, -0.05) is 25.6 Å². The zero-order valence-corrected chi connectivity index (χ0v) is 17.6. The number of hydrogen-bond acceptors (Lipinski definition) is 5. The molecule has 0 fully saturated rings. The molecule has 2 aromatic heterocycles. The Labute approximate surface area is 162 Å². The summed E-state index contributed by atoms with van der Waals surface area (Å²) in [5, 5.41) is 4.09. The fourth-order valence-electron chi connectivity index (χ4n) is 3.38. The van der Waals surface area contributed by atoms with Crippen LogP contribution in [-0.2, 0) is 24.2 Å². The molecular weight excluding hydrogens is 366 g/mol. The van der Waals surface area contributed by atoms with Gasteiger partial charge in [0.2, 0.25) is 5.91 Å². The number of carbonyl (C=O) groups excluding carboxylic acids is 1. The Morgan fingerprint density at radius 1 is 1.46 bits per heavy atom. The zero-order chi connectivity index (χ0) is 18.8. The number of nitrogens with one attached hydrogen (secondary N) is 1. The summed E-state index contributed by atoms with van der Waals surface area (Å²) >= 11 is 3.04. The van der Waals surface area contributed by atoms with E-state index in [1.807, 2.05) is 20.8 Å². The zero-order valence-electron chi connectivity index (χ0n) is 15.9. The van der Waals surface area contributed by atoms with Gasteiger partial charge >= 0.3 is 0 Å². The molecule has 0 aromatic carbocycles. The first-order chi connectivity index (χ1) is 12.5. The SMILES string of the molecule is CCCNC(=O)[C@@H](C)Sc1nc2sc3c(c2c(=O)n1CC)CC[C@H](C)C3. The van der Waals surface area contributed by atoms with E-state index < -0.39 is 0 Å². The Balaban J connectivity index is 1.98. The van der Waals surface area contributed by atoms with Crippen LogP contribution in [-0.4, -0.2) is 27.3 Å². The van der Waals surface area contributed by atoms with Crippen LogP contribution in [0.4, 0.5) is 0 Å². The molecule has 0 bridgehead atoms. The van der Waals surface area contributed by atoms with Gasteiger partial charge in [-0.3, -0.25) is 14.2 Å². The predicted octanol–water partition coefficient (Wildman–Crippen LogP) is 3.61. The summed E-state index contributed by atoms with van der Waals surface area (Å²) in [6.07, 6.45) is 4.06.